The number of carbonyl (C=O) groups excluding carboxylic acids is 1. The summed E-state index contributed by atoms with van der Waals surface area (Å²) in [5.74, 6) is 0.932. The number of rotatable bonds is 4. The van der Waals surface area contributed by atoms with E-state index in [9.17, 15) is 4.79 Å². The van der Waals surface area contributed by atoms with Gasteiger partial charge < -0.3 is 4.90 Å². The van der Waals surface area contributed by atoms with Crippen molar-refractivity contribution in [2.75, 3.05) is 11.9 Å². The van der Waals surface area contributed by atoms with Crippen molar-refractivity contribution in [3.63, 3.8) is 0 Å². The van der Waals surface area contributed by atoms with E-state index in [2.05, 4.69) is 46.6 Å². The van der Waals surface area contributed by atoms with Gasteiger partial charge in [0.2, 0.25) is 0 Å². The minimum absolute atomic E-state index is 0.0270. The lowest BCUT2D eigenvalue weighted by Gasteiger charge is -2.29. The van der Waals surface area contributed by atoms with Crippen molar-refractivity contribution in [1.29, 1.82) is 0 Å². The molecule has 2 heterocycles. The summed E-state index contributed by atoms with van der Waals surface area (Å²) in [5.41, 5.74) is 2.12. The van der Waals surface area contributed by atoms with Crippen molar-refractivity contribution in [3.05, 3.63) is 47.2 Å². The van der Waals surface area contributed by atoms with E-state index < -0.39 is 0 Å². The average Bonchev–Trinajstić information content (AvgIpc) is 3.03. The van der Waals surface area contributed by atoms with Crippen molar-refractivity contribution < 1.29 is 4.79 Å². The van der Waals surface area contributed by atoms with E-state index in [1.807, 2.05) is 5.38 Å². The lowest BCUT2D eigenvalue weighted by Crippen LogP contribution is -2.33. The van der Waals surface area contributed by atoms with Gasteiger partial charge in [0.15, 0.2) is 5.13 Å². The number of nitrogens with one attached hydrogen (secondary N) is 1. The van der Waals surface area contributed by atoms with Crippen LogP contribution in [-0.2, 0) is 4.79 Å². The minimum atomic E-state index is -0.0270. The summed E-state index contributed by atoms with van der Waals surface area (Å²) in [5, 5.41) is 5.45. The topological polar surface area (TPSA) is 45.2 Å². The molecule has 1 aromatic rings. The fraction of sp³-hybridized carbons (Fsp3) is 0.412. The maximum absolute atomic E-state index is 12.6. The summed E-state index contributed by atoms with van der Waals surface area (Å²) in [7, 11) is 0. The maximum atomic E-state index is 12.6. The molecular weight excluding hydrogens is 294 g/mol. The monoisotopic (exact) mass is 313 g/mol. The normalized spacial score (nSPS) is 26.5. The Morgan fingerprint density at radius 3 is 3.09 bits per heavy atom. The summed E-state index contributed by atoms with van der Waals surface area (Å²) in [6, 6.07) is 0.294. The van der Waals surface area contributed by atoms with E-state index in [1.54, 1.807) is 6.20 Å². The molecule has 3 aliphatic rings. The molecule has 0 radical (unpaired) electrons. The van der Waals surface area contributed by atoms with Crippen LogP contribution in [0.2, 0.25) is 0 Å². The van der Waals surface area contributed by atoms with E-state index in [0.717, 1.165) is 18.0 Å². The second-order valence-electron chi connectivity index (χ2n) is 6.30. The highest BCUT2D eigenvalue weighted by atomic mass is 32.1. The van der Waals surface area contributed by atoms with Crippen molar-refractivity contribution in [2.24, 2.45) is 11.8 Å². The van der Waals surface area contributed by atoms with E-state index in [-0.39, 0.29) is 11.8 Å². The molecule has 0 aromatic carbocycles. The van der Waals surface area contributed by atoms with Crippen molar-refractivity contribution >= 4 is 22.4 Å². The van der Waals surface area contributed by atoms with Gasteiger partial charge in [-0.05, 0) is 25.7 Å². The number of anilines is 1. The second-order valence-corrected chi connectivity index (χ2v) is 7.20. The van der Waals surface area contributed by atoms with E-state index in [4.69, 9.17) is 0 Å². The largest absolute Gasteiger partial charge is 0.369 e. The number of hydrogen-bond donors (Lipinski definition) is 1. The number of fused-ring (bicyclic) bond motifs is 1. The van der Waals surface area contributed by atoms with Crippen molar-refractivity contribution in [2.45, 2.75) is 25.8 Å². The molecule has 1 fully saturated rings. The minimum Gasteiger partial charge on any atom is -0.369 e. The fourth-order valence-electron chi connectivity index (χ4n) is 3.18. The number of allylic oxidation sites excluding steroid dienone is 2. The molecule has 1 amide bonds. The summed E-state index contributed by atoms with van der Waals surface area (Å²) in [4.78, 5) is 19.1. The Bertz CT molecular complexity index is 670. The zero-order chi connectivity index (χ0) is 15.1. The smallest absolute Gasteiger partial charge is 0.255 e. The quantitative estimate of drug-likeness (QED) is 0.928. The van der Waals surface area contributed by atoms with Crippen molar-refractivity contribution in [3.8, 4) is 0 Å². The van der Waals surface area contributed by atoms with Gasteiger partial charge in [-0.25, -0.2) is 4.98 Å². The van der Waals surface area contributed by atoms with Gasteiger partial charge in [0.05, 0.1) is 6.04 Å². The molecule has 1 saturated carbocycles. The molecular formula is C17H19N3OS. The number of aromatic nitrogens is 1. The van der Waals surface area contributed by atoms with Gasteiger partial charge >= 0.3 is 0 Å². The van der Waals surface area contributed by atoms with Crippen LogP contribution in [0, 0.1) is 11.8 Å². The van der Waals surface area contributed by atoms with Gasteiger partial charge in [0, 0.05) is 35.8 Å². The number of hydrogen-bond acceptors (Lipinski definition) is 4. The Morgan fingerprint density at radius 2 is 2.36 bits per heavy atom. The molecule has 1 aliphatic heterocycles. The lowest BCUT2D eigenvalue weighted by atomic mass is 9.88. The van der Waals surface area contributed by atoms with Crippen LogP contribution in [0.1, 0.15) is 19.8 Å². The Labute approximate surface area is 134 Å². The fourth-order valence-corrected chi connectivity index (χ4v) is 3.70. The van der Waals surface area contributed by atoms with Gasteiger partial charge in [-0.3, -0.25) is 10.1 Å². The van der Waals surface area contributed by atoms with Crippen LogP contribution in [-0.4, -0.2) is 28.4 Å². The summed E-state index contributed by atoms with van der Waals surface area (Å²) >= 11 is 1.45. The van der Waals surface area contributed by atoms with Crippen LogP contribution in [0.25, 0.3) is 0 Å². The lowest BCUT2D eigenvalue weighted by molar-refractivity contribution is -0.113. The van der Waals surface area contributed by atoms with E-state index >= 15 is 0 Å². The van der Waals surface area contributed by atoms with Crippen LogP contribution in [0.5, 0.6) is 0 Å². The van der Waals surface area contributed by atoms with Crippen LogP contribution in [0.4, 0.5) is 5.13 Å². The van der Waals surface area contributed by atoms with E-state index in [0.29, 0.717) is 11.2 Å². The van der Waals surface area contributed by atoms with Gasteiger partial charge in [-0.1, -0.05) is 23.8 Å². The van der Waals surface area contributed by atoms with Crippen LogP contribution < -0.4 is 5.32 Å². The molecule has 2 aliphatic carbocycles. The van der Waals surface area contributed by atoms with Crippen LogP contribution in [0.15, 0.2) is 47.2 Å². The highest BCUT2D eigenvalue weighted by Gasteiger charge is 2.39. The van der Waals surface area contributed by atoms with Crippen molar-refractivity contribution in [1.82, 2.24) is 9.88 Å². The molecule has 0 bridgehead atoms. The van der Waals surface area contributed by atoms with Gasteiger partial charge in [-0.15, -0.1) is 11.3 Å². The summed E-state index contributed by atoms with van der Waals surface area (Å²) in [6.07, 6.45) is 13.0. The highest BCUT2D eigenvalue weighted by Crippen LogP contribution is 2.38. The van der Waals surface area contributed by atoms with Gasteiger partial charge in [-0.2, -0.15) is 0 Å². The number of thiazole rings is 1. The predicted molar refractivity (Wildman–Crippen MR) is 88.4 cm³/mol. The highest BCUT2D eigenvalue weighted by molar-refractivity contribution is 7.13. The SMILES string of the molecule is CC1=CC2C(C=C1)C(C(=O)Nc1nccs1)=CN2CC1CC1. The van der Waals surface area contributed by atoms with Gasteiger partial charge in [0.1, 0.15) is 0 Å². The zero-order valence-electron chi connectivity index (χ0n) is 12.5. The molecule has 4 rings (SSSR count). The molecule has 1 N–H and O–H groups in total. The first-order valence-electron chi connectivity index (χ1n) is 7.75. The molecule has 114 valence electrons. The Morgan fingerprint density at radius 1 is 1.50 bits per heavy atom. The van der Waals surface area contributed by atoms with Crippen LogP contribution in [0.3, 0.4) is 0 Å². The third-order valence-corrected chi connectivity index (χ3v) is 5.18. The number of amides is 1. The van der Waals surface area contributed by atoms with E-state index in [1.165, 1.54) is 29.8 Å². The average molecular weight is 313 g/mol. The Hall–Kier alpha value is -1.88. The molecule has 22 heavy (non-hydrogen) atoms. The van der Waals surface area contributed by atoms with Gasteiger partial charge in [0.25, 0.3) is 5.91 Å². The maximum Gasteiger partial charge on any atom is 0.255 e. The first-order valence-corrected chi connectivity index (χ1v) is 8.63. The molecule has 2 unspecified atom stereocenters. The molecule has 1 aromatic heterocycles. The predicted octanol–water partition coefficient (Wildman–Crippen LogP) is 3.19. The molecule has 2 atom stereocenters. The zero-order valence-corrected chi connectivity index (χ0v) is 13.3. The number of carbonyl (C=O) groups is 1. The third-order valence-electron chi connectivity index (χ3n) is 4.50. The van der Waals surface area contributed by atoms with Crippen LogP contribution >= 0.6 is 11.3 Å². The second kappa shape index (κ2) is 5.39. The standard InChI is InChI=1S/C17H19N3OS/c1-11-2-5-13-14(16(21)19-17-18-6-7-22-17)10-20(15(13)8-11)9-12-3-4-12/h2,5-8,10,12-13,15H,3-4,9H2,1H3,(H,18,19,21). The summed E-state index contributed by atoms with van der Waals surface area (Å²) in [6.45, 7) is 3.18. The Balaban J connectivity index is 1.57. The Kier molecular flexibility index (Phi) is 3.37. The molecule has 0 spiro atoms. The third kappa shape index (κ3) is 2.61. The summed E-state index contributed by atoms with van der Waals surface area (Å²) < 4.78 is 0. The molecule has 5 heteroatoms. The number of nitrogens with zero attached hydrogens (tertiary/aromatic N) is 2. The first kappa shape index (κ1) is 13.8. The molecule has 0 saturated heterocycles. The molecule has 4 nitrogen and oxygen atoms in total. The first-order chi connectivity index (χ1) is 10.7.